The van der Waals surface area contributed by atoms with Gasteiger partial charge in [-0.05, 0) is 31.0 Å². The molecule has 1 aliphatic heterocycles. The van der Waals surface area contributed by atoms with E-state index in [4.69, 9.17) is 4.42 Å². The van der Waals surface area contributed by atoms with Crippen molar-refractivity contribution in [1.29, 1.82) is 0 Å². The summed E-state index contributed by atoms with van der Waals surface area (Å²) in [7, 11) is 0. The summed E-state index contributed by atoms with van der Waals surface area (Å²) in [5, 5.41) is 3.48. The topological polar surface area (TPSA) is 80.0 Å². The fourth-order valence-corrected chi connectivity index (χ4v) is 3.26. The van der Waals surface area contributed by atoms with Crippen LogP contribution in [0.15, 0.2) is 47.6 Å². The zero-order chi connectivity index (χ0) is 17.6. The molecular weight excluding hydrogens is 328 g/mol. The minimum atomic E-state index is 0.779. The van der Waals surface area contributed by atoms with Gasteiger partial charge in [0.25, 0.3) is 0 Å². The fraction of sp³-hybridized carbons (Fsp3) is 0.368. The number of furan rings is 1. The van der Waals surface area contributed by atoms with Crippen LogP contribution in [0.3, 0.4) is 0 Å². The number of hydrogen-bond donors (Lipinski definition) is 1. The second kappa shape index (κ2) is 7.95. The van der Waals surface area contributed by atoms with Gasteiger partial charge >= 0.3 is 0 Å². The highest BCUT2D eigenvalue weighted by atomic mass is 16.3. The second-order valence-corrected chi connectivity index (χ2v) is 6.29. The Morgan fingerprint density at radius 2 is 1.92 bits per heavy atom. The van der Waals surface area contributed by atoms with Gasteiger partial charge in [0.2, 0.25) is 5.95 Å². The lowest BCUT2D eigenvalue weighted by molar-refractivity contribution is 0.504. The van der Waals surface area contributed by atoms with Gasteiger partial charge in [-0.3, -0.25) is 0 Å². The first-order valence-electron chi connectivity index (χ1n) is 9.01. The summed E-state index contributed by atoms with van der Waals surface area (Å²) in [5.41, 5.74) is 2.33. The lowest BCUT2D eigenvalue weighted by atomic mass is 10.1. The van der Waals surface area contributed by atoms with Crippen LogP contribution in [0.2, 0.25) is 0 Å². The molecule has 3 aromatic rings. The van der Waals surface area contributed by atoms with Gasteiger partial charge in [-0.2, -0.15) is 0 Å². The summed E-state index contributed by atoms with van der Waals surface area (Å²) in [5.74, 6) is 2.75. The highest BCUT2D eigenvalue weighted by Gasteiger charge is 2.19. The molecule has 0 fully saturated rings. The fourth-order valence-electron chi connectivity index (χ4n) is 3.26. The Morgan fingerprint density at radius 1 is 1.04 bits per heavy atom. The number of anilines is 2. The Bertz CT molecular complexity index is 821. The van der Waals surface area contributed by atoms with Crippen molar-refractivity contribution in [2.24, 2.45) is 0 Å². The van der Waals surface area contributed by atoms with Crippen LogP contribution in [0.1, 0.15) is 23.4 Å². The minimum Gasteiger partial charge on any atom is -0.469 e. The average molecular weight is 350 g/mol. The van der Waals surface area contributed by atoms with Crippen molar-refractivity contribution in [1.82, 2.24) is 19.9 Å². The number of hydrogen-bond acceptors (Lipinski definition) is 7. The van der Waals surface area contributed by atoms with E-state index >= 15 is 0 Å². The van der Waals surface area contributed by atoms with E-state index in [1.54, 1.807) is 25.0 Å². The number of aromatic nitrogens is 4. The molecule has 0 unspecified atom stereocenters. The summed E-state index contributed by atoms with van der Waals surface area (Å²) in [4.78, 5) is 19.9. The zero-order valence-corrected chi connectivity index (χ0v) is 14.6. The predicted octanol–water partition coefficient (Wildman–Crippen LogP) is 2.51. The molecule has 134 valence electrons. The van der Waals surface area contributed by atoms with Crippen molar-refractivity contribution in [2.45, 2.75) is 25.7 Å². The Hall–Kier alpha value is -2.96. The third-order valence-electron chi connectivity index (χ3n) is 4.59. The first-order chi connectivity index (χ1) is 12.9. The molecule has 0 amide bonds. The number of nitrogens with one attached hydrogen (secondary N) is 1. The van der Waals surface area contributed by atoms with Gasteiger partial charge in [-0.1, -0.05) is 0 Å². The van der Waals surface area contributed by atoms with Crippen LogP contribution in [0.5, 0.6) is 0 Å². The van der Waals surface area contributed by atoms with E-state index in [0.29, 0.717) is 0 Å². The van der Waals surface area contributed by atoms with Crippen molar-refractivity contribution in [3.63, 3.8) is 0 Å². The third-order valence-corrected chi connectivity index (χ3v) is 4.59. The van der Waals surface area contributed by atoms with E-state index in [0.717, 1.165) is 68.5 Å². The molecular formula is C19H22N6O. The summed E-state index contributed by atoms with van der Waals surface area (Å²) in [6.07, 6.45) is 10.6. The maximum atomic E-state index is 5.38. The van der Waals surface area contributed by atoms with Crippen LogP contribution in [0, 0.1) is 0 Å². The lowest BCUT2D eigenvalue weighted by Gasteiger charge is -2.19. The third kappa shape index (κ3) is 3.82. The molecule has 0 saturated heterocycles. The molecule has 0 aliphatic carbocycles. The predicted molar refractivity (Wildman–Crippen MR) is 99.2 cm³/mol. The molecule has 0 aromatic carbocycles. The van der Waals surface area contributed by atoms with Gasteiger partial charge in [-0.15, -0.1) is 0 Å². The Labute approximate surface area is 152 Å². The van der Waals surface area contributed by atoms with Crippen molar-refractivity contribution in [3.8, 4) is 0 Å². The van der Waals surface area contributed by atoms with Crippen molar-refractivity contribution in [2.75, 3.05) is 29.9 Å². The maximum absolute atomic E-state index is 5.38. The second-order valence-electron chi connectivity index (χ2n) is 6.29. The van der Waals surface area contributed by atoms with Crippen LogP contribution in [-0.4, -0.2) is 39.6 Å². The Balaban J connectivity index is 1.39. The normalized spacial score (nSPS) is 13.9. The molecule has 7 nitrogen and oxygen atoms in total. The van der Waals surface area contributed by atoms with E-state index < -0.39 is 0 Å². The summed E-state index contributed by atoms with van der Waals surface area (Å²) >= 11 is 0. The number of nitrogens with zero attached hydrogens (tertiary/aromatic N) is 5. The van der Waals surface area contributed by atoms with Crippen LogP contribution in [0.4, 0.5) is 11.8 Å². The van der Waals surface area contributed by atoms with Crippen molar-refractivity contribution >= 4 is 11.8 Å². The molecule has 1 N–H and O–H groups in total. The van der Waals surface area contributed by atoms with Crippen LogP contribution < -0.4 is 10.2 Å². The van der Waals surface area contributed by atoms with Gasteiger partial charge in [0.15, 0.2) is 0 Å². The summed E-state index contributed by atoms with van der Waals surface area (Å²) < 4.78 is 5.38. The molecule has 0 radical (unpaired) electrons. The number of rotatable bonds is 6. The maximum Gasteiger partial charge on any atom is 0.225 e. The van der Waals surface area contributed by atoms with Gasteiger partial charge in [0.1, 0.15) is 17.9 Å². The first kappa shape index (κ1) is 16.5. The molecule has 0 spiro atoms. The van der Waals surface area contributed by atoms with Gasteiger partial charge in [0, 0.05) is 50.4 Å². The van der Waals surface area contributed by atoms with E-state index in [-0.39, 0.29) is 0 Å². The molecule has 7 heteroatoms. The van der Waals surface area contributed by atoms with Crippen molar-refractivity contribution in [3.05, 3.63) is 60.2 Å². The van der Waals surface area contributed by atoms with E-state index in [2.05, 4.69) is 30.2 Å². The smallest absolute Gasteiger partial charge is 0.225 e. The number of fused-ring (bicyclic) bond motifs is 1. The standard InChI is InChI=1S/C19H22N6O/c1(4-15-5-2-13-26-15)8-20-18-16-6-11-25(19-21-9-3-10-22-19)12-7-17(16)23-14-24-18/h2-3,5,9-10,13-14H,1,4,6-8,11-12H2,(H,20,23,24). The monoisotopic (exact) mass is 350 g/mol. The molecule has 4 rings (SSSR count). The lowest BCUT2D eigenvalue weighted by Crippen LogP contribution is -2.27. The quantitative estimate of drug-likeness (QED) is 0.684. The Kier molecular flexibility index (Phi) is 5.04. The van der Waals surface area contributed by atoms with Gasteiger partial charge in [-0.25, -0.2) is 19.9 Å². The largest absolute Gasteiger partial charge is 0.469 e. The van der Waals surface area contributed by atoms with E-state index in [1.165, 1.54) is 5.56 Å². The van der Waals surface area contributed by atoms with Crippen molar-refractivity contribution < 1.29 is 4.42 Å². The minimum absolute atomic E-state index is 0.779. The summed E-state index contributed by atoms with van der Waals surface area (Å²) in [6, 6.07) is 5.78. The molecule has 4 heterocycles. The van der Waals surface area contributed by atoms with Gasteiger partial charge in [0.05, 0.1) is 12.0 Å². The highest BCUT2D eigenvalue weighted by molar-refractivity contribution is 5.48. The Morgan fingerprint density at radius 3 is 2.77 bits per heavy atom. The molecule has 26 heavy (non-hydrogen) atoms. The van der Waals surface area contributed by atoms with Crippen LogP contribution >= 0.6 is 0 Å². The summed E-state index contributed by atoms with van der Waals surface area (Å²) in [6.45, 7) is 2.59. The van der Waals surface area contributed by atoms with E-state index in [1.807, 2.05) is 18.2 Å². The van der Waals surface area contributed by atoms with Crippen LogP contribution in [-0.2, 0) is 19.3 Å². The first-order valence-corrected chi connectivity index (χ1v) is 9.01. The zero-order valence-electron chi connectivity index (χ0n) is 14.6. The highest BCUT2D eigenvalue weighted by Crippen LogP contribution is 2.22. The molecule has 0 saturated carbocycles. The molecule has 3 aromatic heterocycles. The number of aryl methyl sites for hydroxylation is 1. The van der Waals surface area contributed by atoms with Gasteiger partial charge < -0.3 is 14.6 Å². The molecule has 0 bridgehead atoms. The van der Waals surface area contributed by atoms with Crippen LogP contribution in [0.25, 0.3) is 0 Å². The molecule has 1 aliphatic rings. The average Bonchev–Trinajstić information content (AvgIpc) is 3.11. The SMILES string of the molecule is c1cnc(N2CCc3ncnc(NCCCc4ccco4)c3CC2)nc1. The molecule has 0 atom stereocenters. The van der Waals surface area contributed by atoms with E-state index in [9.17, 15) is 0 Å².